The predicted octanol–water partition coefficient (Wildman–Crippen LogP) is 4.45. The molecular formula is C16H36O2Si. The predicted molar refractivity (Wildman–Crippen MR) is 87.1 cm³/mol. The first-order valence-electron chi connectivity index (χ1n) is 8.43. The van der Waals surface area contributed by atoms with Gasteiger partial charge < -0.3 is 8.85 Å². The largest absolute Gasteiger partial charge is 0.399 e. The highest BCUT2D eigenvalue weighted by Crippen LogP contribution is 2.14. The smallest absolute Gasteiger partial charge is 0.304 e. The lowest BCUT2D eigenvalue weighted by atomic mass is 10.0. The van der Waals surface area contributed by atoms with Crippen LogP contribution < -0.4 is 0 Å². The van der Waals surface area contributed by atoms with Crippen LogP contribution in [0.2, 0.25) is 0 Å². The van der Waals surface area contributed by atoms with E-state index in [1.807, 2.05) is 0 Å². The lowest BCUT2D eigenvalue weighted by molar-refractivity contribution is 0.160. The van der Waals surface area contributed by atoms with E-state index in [2.05, 4.69) is 27.7 Å². The maximum atomic E-state index is 5.80. The van der Waals surface area contributed by atoms with Crippen molar-refractivity contribution in [3.8, 4) is 0 Å². The molecule has 2 unspecified atom stereocenters. The van der Waals surface area contributed by atoms with E-state index in [9.17, 15) is 0 Å². The van der Waals surface area contributed by atoms with Crippen LogP contribution in [0.1, 0.15) is 79.1 Å². The van der Waals surface area contributed by atoms with Gasteiger partial charge >= 0.3 is 10.0 Å². The molecule has 0 spiro atoms. The minimum Gasteiger partial charge on any atom is -0.399 e. The summed E-state index contributed by atoms with van der Waals surface area (Å²) in [6, 6.07) is 0. The summed E-state index contributed by atoms with van der Waals surface area (Å²) in [5.41, 5.74) is 0. The molecule has 0 radical (unpaired) electrons. The van der Waals surface area contributed by atoms with E-state index in [1.54, 1.807) is 0 Å². The third-order valence-electron chi connectivity index (χ3n) is 3.96. The summed E-state index contributed by atoms with van der Waals surface area (Å²) >= 11 is 0. The van der Waals surface area contributed by atoms with Crippen LogP contribution in [0.4, 0.5) is 0 Å². The number of hydrogen-bond acceptors (Lipinski definition) is 2. The van der Waals surface area contributed by atoms with Crippen molar-refractivity contribution >= 4 is 10.0 Å². The first-order valence-corrected chi connectivity index (χ1v) is 9.59. The second kappa shape index (κ2) is 14.5. The molecule has 0 aliphatic rings. The molecule has 2 nitrogen and oxygen atoms in total. The molecule has 116 valence electrons. The minimum absolute atomic E-state index is 0.739. The van der Waals surface area contributed by atoms with Gasteiger partial charge in [0.2, 0.25) is 0 Å². The molecule has 2 atom stereocenters. The van der Waals surface area contributed by atoms with Gasteiger partial charge in [0.1, 0.15) is 0 Å². The fourth-order valence-electron chi connectivity index (χ4n) is 2.28. The summed E-state index contributed by atoms with van der Waals surface area (Å²) < 4.78 is 11.6. The van der Waals surface area contributed by atoms with E-state index in [1.165, 1.54) is 51.4 Å². The Kier molecular flexibility index (Phi) is 14.6. The third kappa shape index (κ3) is 11.6. The summed E-state index contributed by atoms with van der Waals surface area (Å²) in [5.74, 6) is 1.50. The molecule has 0 bridgehead atoms. The summed E-state index contributed by atoms with van der Waals surface area (Å²) in [7, 11) is -0.739. The van der Waals surface area contributed by atoms with Crippen LogP contribution in [0, 0.1) is 11.8 Å². The molecule has 0 saturated carbocycles. The van der Waals surface area contributed by atoms with Gasteiger partial charge in [-0.2, -0.15) is 0 Å². The average Bonchev–Trinajstić information content (AvgIpc) is 2.45. The fourth-order valence-corrected chi connectivity index (χ4v) is 3.26. The Hall–Kier alpha value is 0.137. The Morgan fingerprint density at radius 3 is 1.47 bits per heavy atom. The molecule has 0 N–H and O–H groups in total. The molecule has 0 aliphatic carbocycles. The van der Waals surface area contributed by atoms with E-state index >= 15 is 0 Å². The molecule has 0 saturated heterocycles. The maximum absolute atomic E-state index is 5.80. The first kappa shape index (κ1) is 19.1. The van der Waals surface area contributed by atoms with Crippen molar-refractivity contribution in [1.29, 1.82) is 0 Å². The zero-order valence-electron chi connectivity index (χ0n) is 13.7. The Labute approximate surface area is 123 Å². The van der Waals surface area contributed by atoms with Crippen LogP contribution >= 0.6 is 0 Å². The molecule has 0 aromatic heterocycles. The second-order valence-corrected chi connectivity index (χ2v) is 6.74. The molecule has 0 aromatic rings. The van der Waals surface area contributed by atoms with E-state index in [-0.39, 0.29) is 0 Å². The van der Waals surface area contributed by atoms with Gasteiger partial charge in [-0.1, -0.05) is 66.2 Å². The Balaban J connectivity index is 3.50. The van der Waals surface area contributed by atoms with E-state index in [0.717, 1.165) is 25.0 Å². The van der Waals surface area contributed by atoms with Gasteiger partial charge in [0, 0.05) is 13.2 Å². The Morgan fingerprint density at radius 1 is 0.737 bits per heavy atom. The van der Waals surface area contributed by atoms with Crippen LogP contribution in [0.25, 0.3) is 0 Å². The van der Waals surface area contributed by atoms with Crippen LogP contribution in [-0.2, 0) is 8.85 Å². The highest BCUT2D eigenvalue weighted by molar-refractivity contribution is 6.17. The fraction of sp³-hybridized carbons (Fsp3) is 1.00. The van der Waals surface area contributed by atoms with Crippen molar-refractivity contribution in [2.45, 2.75) is 79.1 Å². The van der Waals surface area contributed by atoms with E-state index < -0.39 is 10.0 Å². The third-order valence-corrected chi connectivity index (χ3v) is 4.77. The summed E-state index contributed by atoms with van der Waals surface area (Å²) in [4.78, 5) is 0. The quantitative estimate of drug-likeness (QED) is 0.347. The normalized spacial score (nSPS) is 15.2. The molecule has 0 rings (SSSR count). The molecule has 0 amide bonds. The highest BCUT2D eigenvalue weighted by atomic mass is 28.3. The minimum atomic E-state index is -0.739. The SMILES string of the molecule is CCCCC(CC)CO[SiH2]OCC(CC)CCCC. The lowest BCUT2D eigenvalue weighted by Gasteiger charge is -2.17. The lowest BCUT2D eigenvalue weighted by Crippen LogP contribution is -2.17. The van der Waals surface area contributed by atoms with Gasteiger partial charge in [0.25, 0.3) is 0 Å². The standard InChI is InChI=1S/C16H36O2Si/c1-5-9-11-15(7-3)13-17-19-18-14-16(8-4)12-10-6-2/h15-16H,5-14,19H2,1-4H3. The van der Waals surface area contributed by atoms with Gasteiger partial charge in [-0.3, -0.25) is 0 Å². The highest BCUT2D eigenvalue weighted by Gasteiger charge is 2.08. The monoisotopic (exact) mass is 288 g/mol. The van der Waals surface area contributed by atoms with Gasteiger partial charge in [0.15, 0.2) is 0 Å². The van der Waals surface area contributed by atoms with Crippen LogP contribution in [0.5, 0.6) is 0 Å². The Morgan fingerprint density at radius 2 is 1.16 bits per heavy atom. The van der Waals surface area contributed by atoms with Crippen molar-refractivity contribution in [1.82, 2.24) is 0 Å². The summed E-state index contributed by atoms with van der Waals surface area (Å²) in [5, 5.41) is 0. The topological polar surface area (TPSA) is 18.5 Å². The van der Waals surface area contributed by atoms with Gasteiger partial charge in [-0.15, -0.1) is 0 Å². The van der Waals surface area contributed by atoms with Crippen molar-refractivity contribution < 1.29 is 8.85 Å². The van der Waals surface area contributed by atoms with Crippen molar-refractivity contribution in [2.75, 3.05) is 13.2 Å². The van der Waals surface area contributed by atoms with Crippen molar-refractivity contribution in [3.05, 3.63) is 0 Å². The maximum Gasteiger partial charge on any atom is 0.304 e. The summed E-state index contributed by atoms with van der Waals surface area (Å²) in [6.07, 6.45) is 10.4. The van der Waals surface area contributed by atoms with Crippen LogP contribution in [0.3, 0.4) is 0 Å². The van der Waals surface area contributed by atoms with Crippen molar-refractivity contribution in [3.63, 3.8) is 0 Å². The molecule has 0 fully saturated rings. The van der Waals surface area contributed by atoms with Crippen LogP contribution in [-0.4, -0.2) is 23.2 Å². The van der Waals surface area contributed by atoms with Crippen molar-refractivity contribution in [2.24, 2.45) is 11.8 Å². The Bertz CT molecular complexity index is 158. The number of rotatable bonds is 14. The second-order valence-electron chi connectivity index (χ2n) is 5.69. The summed E-state index contributed by atoms with van der Waals surface area (Å²) in [6.45, 7) is 10.9. The number of unbranched alkanes of at least 4 members (excludes halogenated alkanes) is 2. The molecule has 0 aromatic carbocycles. The zero-order chi connectivity index (χ0) is 14.3. The van der Waals surface area contributed by atoms with Gasteiger partial charge in [0.05, 0.1) is 0 Å². The molecule has 0 aliphatic heterocycles. The molecular weight excluding hydrogens is 252 g/mol. The van der Waals surface area contributed by atoms with Gasteiger partial charge in [-0.25, -0.2) is 0 Å². The van der Waals surface area contributed by atoms with E-state index in [4.69, 9.17) is 8.85 Å². The first-order chi connectivity index (χ1) is 9.28. The van der Waals surface area contributed by atoms with Crippen LogP contribution in [0.15, 0.2) is 0 Å². The van der Waals surface area contributed by atoms with E-state index in [0.29, 0.717) is 0 Å². The molecule has 19 heavy (non-hydrogen) atoms. The molecule has 0 heterocycles. The zero-order valence-corrected chi connectivity index (χ0v) is 15.2. The number of hydrogen-bond donors (Lipinski definition) is 0. The van der Waals surface area contributed by atoms with Gasteiger partial charge in [-0.05, 0) is 24.7 Å². The molecule has 3 heteroatoms. The average molecular weight is 289 g/mol.